The summed E-state index contributed by atoms with van der Waals surface area (Å²) in [5.74, 6) is -1.63. The van der Waals surface area contributed by atoms with Crippen molar-refractivity contribution in [1.29, 1.82) is 0 Å². The van der Waals surface area contributed by atoms with E-state index in [1.807, 2.05) is 36.4 Å². The van der Waals surface area contributed by atoms with Gasteiger partial charge in [-0.25, -0.2) is 4.79 Å². The van der Waals surface area contributed by atoms with Gasteiger partial charge in [0.05, 0.1) is 6.42 Å². The molecular formula is C26H30N2O5. The van der Waals surface area contributed by atoms with Crippen LogP contribution in [0.2, 0.25) is 0 Å². The maximum Gasteiger partial charge on any atom is 0.407 e. The van der Waals surface area contributed by atoms with Crippen LogP contribution >= 0.6 is 0 Å². The van der Waals surface area contributed by atoms with Gasteiger partial charge in [0.2, 0.25) is 5.91 Å². The van der Waals surface area contributed by atoms with Crippen molar-refractivity contribution in [3.05, 3.63) is 59.7 Å². The van der Waals surface area contributed by atoms with Gasteiger partial charge >= 0.3 is 12.1 Å². The smallest absolute Gasteiger partial charge is 0.407 e. The highest BCUT2D eigenvalue weighted by Gasteiger charge is 2.34. The Bertz CT molecular complexity index is 1010. The van der Waals surface area contributed by atoms with Gasteiger partial charge in [-0.1, -0.05) is 62.4 Å². The molecule has 0 aromatic heterocycles. The van der Waals surface area contributed by atoms with Crippen LogP contribution in [0.3, 0.4) is 0 Å². The highest BCUT2D eigenvalue weighted by molar-refractivity contribution is 5.89. The molecule has 1 aliphatic carbocycles. The van der Waals surface area contributed by atoms with Gasteiger partial charge in [-0.3, -0.25) is 9.59 Å². The van der Waals surface area contributed by atoms with Crippen molar-refractivity contribution in [3.8, 4) is 11.1 Å². The zero-order valence-corrected chi connectivity index (χ0v) is 19.0. The Morgan fingerprint density at radius 3 is 2.12 bits per heavy atom. The van der Waals surface area contributed by atoms with Gasteiger partial charge in [0.1, 0.15) is 12.6 Å². The van der Waals surface area contributed by atoms with E-state index in [4.69, 9.17) is 4.74 Å². The van der Waals surface area contributed by atoms with E-state index in [2.05, 4.69) is 31.3 Å². The Labute approximate surface area is 193 Å². The molecule has 2 aromatic rings. The molecule has 33 heavy (non-hydrogen) atoms. The third-order valence-electron chi connectivity index (χ3n) is 6.74. The second-order valence-corrected chi connectivity index (χ2v) is 9.61. The number of hydrogen-bond acceptors (Lipinski definition) is 4. The van der Waals surface area contributed by atoms with Crippen LogP contribution in [0.5, 0.6) is 0 Å². The van der Waals surface area contributed by atoms with Crippen LogP contribution in [0.15, 0.2) is 48.5 Å². The van der Waals surface area contributed by atoms with Crippen LogP contribution < -0.4 is 5.32 Å². The maximum atomic E-state index is 13.0. The molecule has 7 heteroatoms. The van der Waals surface area contributed by atoms with Crippen LogP contribution in [0.25, 0.3) is 11.1 Å². The number of piperidine rings is 1. The summed E-state index contributed by atoms with van der Waals surface area (Å²) in [7, 11) is 0. The highest BCUT2D eigenvalue weighted by atomic mass is 16.5. The molecule has 7 nitrogen and oxygen atoms in total. The van der Waals surface area contributed by atoms with Crippen molar-refractivity contribution in [2.24, 2.45) is 5.41 Å². The molecule has 0 saturated carbocycles. The zero-order chi connectivity index (χ0) is 23.6. The lowest BCUT2D eigenvalue weighted by Gasteiger charge is -2.38. The van der Waals surface area contributed by atoms with Crippen molar-refractivity contribution in [2.75, 3.05) is 19.7 Å². The number of carbonyl (C=O) groups is 3. The summed E-state index contributed by atoms with van der Waals surface area (Å²) in [5, 5.41) is 11.8. The first-order valence-corrected chi connectivity index (χ1v) is 11.4. The monoisotopic (exact) mass is 450 g/mol. The molecule has 2 amide bonds. The largest absolute Gasteiger partial charge is 0.481 e. The summed E-state index contributed by atoms with van der Waals surface area (Å²) in [6.45, 7) is 5.51. The van der Waals surface area contributed by atoms with Crippen LogP contribution in [-0.4, -0.2) is 53.7 Å². The van der Waals surface area contributed by atoms with E-state index in [1.54, 1.807) is 4.90 Å². The Kier molecular flexibility index (Phi) is 6.40. The molecule has 0 radical (unpaired) electrons. The first-order valence-electron chi connectivity index (χ1n) is 11.4. The molecule has 1 heterocycles. The Morgan fingerprint density at radius 1 is 1.03 bits per heavy atom. The van der Waals surface area contributed by atoms with Gasteiger partial charge in [-0.15, -0.1) is 0 Å². The number of carbonyl (C=O) groups excluding carboxylic acids is 2. The summed E-state index contributed by atoms with van der Waals surface area (Å²) < 4.78 is 5.51. The van der Waals surface area contributed by atoms with Crippen LogP contribution in [0.4, 0.5) is 4.79 Å². The number of fused-ring (bicyclic) bond motifs is 3. The lowest BCUT2D eigenvalue weighted by atomic mass is 9.82. The first kappa shape index (κ1) is 22.8. The Balaban J connectivity index is 1.41. The zero-order valence-electron chi connectivity index (χ0n) is 19.0. The van der Waals surface area contributed by atoms with E-state index < -0.39 is 24.5 Å². The lowest BCUT2D eigenvalue weighted by Crippen LogP contribution is -2.52. The minimum absolute atomic E-state index is 0.103. The Hall–Kier alpha value is -3.35. The molecule has 2 N–H and O–H groups in total. The van der Waals surface area contributed by atoms with E-state index in [-0.39, 0.29) is 23.8 Å². The molecule has 4 rings (SSSR count). The number of rotatable bonds is 6. The highest BCUT2D eigenvalue weighted by Crippen LogP contribution is 2.44. The maximum absolute atomic E-state index is 13.0. The van der Waals surface area contributed by atoms with Crippen LogP contribution in [-0.2, 0) is 14.3 Å². The van der Waals surface area contributed by atoms with Gasteiger partial charge in [-0.05, 0) is 40.5 Å². The van der Waals surface area contributed by atoms with Crippen molar-refractivity contribution in [2.45, 2.75) is 45.1 Å². The fourth-order valence-corrected chi connectivity index (χ4v) is 4.71. The molecule has 0 spiro atoms. The number of nitrogens with one attached hydrogen (secondary N) is 1. The standard InChI is InChI=1S/C26H30N2O5/c1-26(2)11-13-28(14-12-26)24(31)22(15-23(29)30)27-25(32)33-16-21-19-9-5-3-7-17(19)18-8-4-6-10-20(18)21/h3-10,21-22H,11-16H2,1-2H3,(H,27,32)(H,29,30). The number of benzene rings is 2. The summed E-state index contributed by atoms with van der Waals surface area (Å²) in [5.41, 5.74) is 4.56. The number of amides is 2. The lowest BCUT2D eigenvalue weighted by molar-refractivity contribution is -0.143. The van der Waals surface area contributed by atoms with Gasteiger partial charge in [-0.2, -0.15) is 0 Å². The number of aliphatic carboxylic acids is 1. The average Bonchev–Trinajstić information content (AvgIpc) is 3.10. The van der Waals surface area contributed by atoms with Crippen molar-refractivity contribution in [1.82, 2.24) is 10.2 Å². The molecule has 174 valence electrons. The molecule has 2 aliphatic rings. The number of hydrogen-bond donors (Lipinski definition) is 2. The van der Waals surface area contributed by atoms with Crippen molar-refractivity contribution >= 4 is 18.0 Å². The minimum atomic E-state index is -1.15. The third kappa shape index (κ3) is 5.02. The average molecular weight is 451 g/mol. The normalized spacial score (nSPS) is 17.6. The second kappa shape index (κ2) is 9.25. The van der Waals surface area contributed by atoms with Gasteiger partial charge < -0.3 is 20.1 Å². The van der Waals surface area contributed by atoms with E-state index in [1.165, 1.54) is 0 Å². The number of likely N-dealkylation sites (tertiary alicyclic amines) is 1. The summed E-state index contributed by atoms with van der Waals surface area (Å²) in [6, 6.07) is 14.9. The van der Waals surface area contributed by atoms with Crippen LogP contribution in [0, 0.1) is 5.41 Å². The van der Waals surface area contributed by atoms with Crippen LogP contribution in [0.1, 0.15) is 50.2 Å². The second-order valence-electron chi connectivity index (χ2n) is 9.61. The first-order chi connectivity index (χ1) is 15.7. The van der Waals surface area contributed by atoms with Crippen molar-refractivity contribution in [3.63, 3.8) is 0 Å². The molecule has 1 atom stereocenters. The summed E-state index contributed by atoms with van der Waals surface area (Å²) >= 11 is 0. The number of ether oxygens (including phenoxy) is 1. The van der Waals surface area contributed by atoms with Gasteiger partial charge in [0.25, 0.3) is 0 Å². The summed E-state index contributed by atoms with van der Waals surface area (Å²) in [6.07, 6.45) is 0.407. The SMILES string of the molecule is CC1(C)CCN(C(=O)C(CC(=O)O)NC(=O)OCC2c3ccccc3-c3ccccc32)CC1. The molecule has 1 fully saturated rings. The van der Waals surface area contributed by atoms with E-state index >= 15 is 0 Å². The Morgan fingerprint density at radius 2 is 1.58 bits per heavy atom. The molecule has 2 aromatic carbocycles. The topological polar surface area (TPSA) is 95.9 Å². The predicted molar refractivity (Wildman–Crippen MR) is 124 cm³/mol. The molecule has 1 unspecified atom stereocenters. The molecular weight excluding hydrogens is 420 g/mol. The van der Waals surface area contributed by atoms with E-state index in [9.17, 15) is 19.5 Å². The third-order valence-corrected chi connectivity index (χ3v) is 6.74. The van der Waals surface area contributed by atoms with Crippen molar-refractivity contribution < 1.29 is 24.2 Å². The van der Waals surface area contributed by atoms with E-state index in [0.717, 1.165) is 35.1 Å². The summed E-state index contributed by atoms with van der Waals surface area (Å²) in [4.78, 5) is 38.6. The van der Waals surface area contributed by atoms with Gasteiger partial charge in [0, 0.05) is 19.0 Å². The fourth-order valence-electron chi connectivity index (χ4n) is 4.71. The molecule has 1 aliphatic heterocycles. The quantitative estimate of drug-likeness (QED) is 0.693. The number of alkyl carbamates (subject to hydrolysis) is 1. The van der Waals surface area contributed by atoms with E-state index in [0.29, 0.717) is 13.1 Å². The molecule has 1 saturated heterocycles. The predicted octanol–water partition coefficient (Wildman–Crippen LogP) is 4.02. The van der Waals surface area contributed by atoms with Gasteiger partial charge in [0.15, 0.2) is 0 Å². The number of carboxylic acid groups (broad SMARTS) is 1. The minimum Gasteiger partial charge on any atom is -0.481 e. The number of carboxylic acids is 1. The molecule has 0 bridgehead atoms. The fraction of sp³-hybridized carbons (Fsp3) is 0.423. The number of nitrogens with zero attached hydrogens (tertiary/aromatic N) is 1.